The van der Waals surface area contributed by atoms with Crippen molar-refractivity contribution in [1.82, 2.24) is 10.6 Å². The van der Waals surface area contributed by atoms with E-state index in [1.54, 1.807) is 0 Å². The summed E-state index contributed by atoms with van der Waals surface area (Å²) in [7, 11) is 0. The van der Waals surface area contributed by atoms with Crippen molar-refractivity contribution in [1.29, 1.82) is 0 Å². The number of hydrogen-bond acceptors (Lipinski definition) is 4. The summed E-state index contributed by atoms with van der Waals surface area (Å²) in [4.78, 5) is 0. The maximum atomic E-state index is 6.16. The molecule has 3 saturated carbocycles. The number of ether oxygens (including phenoxy) is 2. The van der Waals surface area contributed by atoms with Crippen molar-refractivity contribution in [2.75, 3.05) is 26.3 Å². The minimum Gasteiger partial charge on any atom is -0.378 e. The van der Waals surface area contributed by atoms with Crippen LogP contribution in [0.4, 0.5) is 0 Å². The molecule has 4 nitrogen and oxygen atoms in total. The maximum Gasteiger partial charge on any atom is 0.0705 e. The van der Waals surface area contributed by atoms with Crippen molar-refractivity contribution in [2.45, 2.75) is 43.6 Å². The molecular weight excluding hydrogens is 228 g/mol. The average Bonchev–Trinajstić information content (AvgIpc) is 3.16. The van der Waals surface area contributed by atoms with E-state index >= 15 is 0 Å². The lowest BCUT2D eigenvalue weighted by molar-refractivity contribution is -0.00972. The minimum atomic E-state index is 0.474. The molecule has 2 N–H and O–H groups in total. The van der Waals surface area contributed by atoms with Crippen LogP contribution in [0, 0.1) is 17.3 Å². The highest BCUT2D eigenvalue weighted by molar-refractivity contribution is 5.41. The molecule has 7 unspecified atom stereocenters. The van der Waals surface area contributed by atoms with E-state index in [9.17, 15) is 0 Å². The van der Waals surface area contributed by atoms with Gasteiger partial charge in [-0.15, -0.1) is 0 Å². The van der Waals surface area contributed by atoms with E-state index in [0.717, 1.165) is 50.6 Å². The first-order valence-electron chi connectivity index (χ1n) is 7.62. The Hall–Kier alpha value is -0.160. The third kappa shape index (κ3) is 1.16. The summed E-state index contributed by atoms with van der Waals surface area (Å²) in [6, 6.07) is 1.44. The Morgan fingerprint density at radius 2 is 2.00 bits per heavy atom. The highest BCUT2D eigenvalue weighted by Gasteiger charge is 2.91. The topological polar surface area (TPSA) is 42.5 Å². The van der Waals surface area contributed by atoms with Gasteiger partial charge in [0.1, 0.15) is 0 Å². The van der Waals surface area contributed by atoms with Crippen molar-refractivity contribution in [3.63, 3.8) is 0 Å². The Labute approximate surface area is 108 Å². The van der Waals surface area contributed by atoms with Gasteiger partial charge >= 0.3 is 0 Å². The first kappa shape index (κ1) is 10.6. The number of rotatable bonds is 1. The van der Waals surface area contributed by atoms with Crippen LogP contribution in [0.15, 0.2) is 0 Å². The fraction of sp³-hybridized carbons (Fsp3) is 1.00. The Morgan fingerprint density at radius 3 is 3.00 bits per heavy atom. The number of fused-ring (bicyclic) bond motifs is 4. The molecule has 0 radical (unpaired) electrons. The molecule has 0 aromatic rings. The third-order valence-corrected chi connectivity index (χ3v) is 6.07. The SMILES string of the molecule is C1CNC2CC(OC1)C(C13C4NCCOC1C43)C2. The van der Waals surface area contributed by atoms with E-state index in [2.05, 4.69) is 10.6 Å². The van der Waals surface area contributed by atoms with Gasteiger partial charge in [-0.25, -0.2) is 0 Å². The molecule has 2 aliphatic heterocycles. The lowest BCUT2D eigenvalue weighted by atomic mass is 9.89. The van der Waals surface area contributed by atoms with Gasteiger partial charge in [0.15, 0.2) is 0 Å². The zero-order chi connectivity index (χ0) is 11.7. The molecule has 0 amide bonds. The molecule has 100 valence electrons. The van der Waals surface area contributed by atoms with Crippen molar-refractivity contribution in [3.05, 3.63) is 0 Å². The van der Waals surface area contributed by atoms with E-state index in [4.69, 9.17) is 9.47 Å². The molecule has 2 bridgehead atoms. The van der Waals surface area contributed by atoms with E-state index in [1.807, 2.05) is 0 Å². The Morgan fingerprint density at radius 1 is 1.00 bits per heavy atom. The summed E-state index contributed by atoms with van der Waals surface area (Å²) in [5, 5.41) is 7.38. The summed E-state index contributed by atoms with van der Waals surface area (Å²) in [6.45, 7) is 4.01. The molecule has 2 saturated heterocycles. The summed E-state index contributed by atoms with van der Waals surface area (Å²) in [5.41, 5.74) is 0.474. The second-order valence-electron chi connectivity index (χ2n) is 6.74. The van der Waals surface area contributed by atoms with Gasteiger partial charge in [-0.3, -0.25) is 0 Å². The standard InChI is InChI=1S/C14H22N2O2/c1-2-15-8-6-9(10(7-8)17-4-1)14-11-12(14)16-3-5-18-13(11)14/h8-13,15-16H,1-7H2. The van der Waals surface area contributed by atoms with Crippen LogP contribution in [0.3, 0.4) is 0 Å². The summed E-state index contributed by atoms with van der Waals surface area (Å²) < 4.78 is 12.2. The van der Waals surface area contributed by atoms with Crippen molar-refractivity contribution >= 4 is 0 Å². The third-order valence-electron chi connectivity index (χ3n) is 6.07. The van der Waals surface area contributed by atoms with Gasteiger partial charge < -0.3 is 20.1 Å². The zero-order valence-electron chi connectivity index (χ0n) is 10.7. The van der Waals surface area contributed by atoms with Gasteiger partial charge in [-0.2, -0.15) is 0 Å². The molecule has 5 fully saturated rings. The molecule has 2 heterocycles. The zero-order valence-corrected chi connectivity index (χ0v) is 10.7. The second kappa shape index (κ2) is 3.48. The van der Waals surface area contributed by atoms with Gasteiger partial charge in [-0.1, -0.05) is 0 Å². The predicted molar refractivity (Wildman–Crippen MR) is 66.3 cm³/mol. The summed E-state index contributed by atoms with van der Waals surface area (Å²) >= 11 is 0. The van der Waals surface area contributed by atoms with Gasteiger partial charge in [0.2, 0.25) is 0 Å². The molecular formula is C14H22N2O2. The lowest BCUT2D eigenvalue weighted by Crippen LogP contribution is -2.36. The minimum absolute atomic E-state index is 0.474. The van der Waals surface area contributed by atoms with E-state index in [0.29, 0.717) is 23.7 Å². The summed E-state index contributed by atoms with van der Waals surface area (Å²) in [5.74, 6) is 1.55. The lowest BCUT2D eigenvalue weighted by Gasteiger charge is -2.27. The van der Waals surface area contributed by atoms with Gasteiger partial charge in [0.25, 0.3) is 0 Å². The number of nitrogens with one attached hydrogen (secondary N) is 2. The smallest absolute Gasteiger partial charge is 0.0705 e. The molecule has 5 rings (SSSR count). The van der Waals surface area contributed by atoms with Gasteiger partial charge in [-0.05, 0) is 31.7 Å². The van der Waals surface area contributed by atoms with Crippen molar-refractivity contribution in [3.8, 4) is 0 Å². The fourth-order valence-electron chi connectivity index (χ4n) is 5.24. The van der Waals surface area contributed by atoms with Gasteiger partial charge in [0, 0.05) is 36.6 Å². The summed E-state index contributed by atoms with van der Waals surface area (Å²) in [6.07, 6.45) is 4.74. The van der Waals surface area contributed by atoms with Crippen LogP contribution in [-0.2, 0) is 9.47 Å². The van der Waals surface area contributed by atoms with E-state index in [1.165, 1.54) is 12.8 Å². The van der Waals surface area contributed by atoms with Crippen molar-refractivity contribution < 1.29 is 9.47 Å². The highest BCUT2D eigenvalue weighted by atomic mass is 16.5. The molecule has 0 spiro atoms. The van der Waals surface area contributed by atoms with Crippen molar-refractivity contribution in [2.24, 2.45) is 17.3 Å². The van der Waals surface area contributed by atoms with Gasteiger partial charge in [0.05, 0.1) is 18.8 Å². The molecule has 5 aliphatic rings. The van der Waals surface area contributed by atoms with Crippen LogP contribution in [0.5, 0.6) is 0 Å². The Bertz CT molecular complexity index is 351. The van der Waals surface area contributed by atoms with E-state index in [-0.39, 0.29) is 0 Å². The Kier molecular flexibility index (Phi) is 2.05. The maximum absolute atomic E-state index is 6.16. The normalized spacial score (nSPS) is 61.3. The second-order valence-corrected chi connectivity index (χ2v) is 6.74. The van der Waals surface area contributed by atoms with Crippen LogP contribution < -0.4 is 10.6 Å². The number of hydrogen-bond donors (Lipinski definition) is 2. The van der Waals surface area contributed by atoms with E-state index < -0.39 is 0 Å². The predicted octanol–water partition coefficient (Wildman–Crippen LogP) is 0.130. The highest BCUT2D eigenvalue weighted by Crippen LogP contribution is 2.82. The van der Waals surface area contributed by atoms with Crippen LogP contribution in [0.1, 0.15) is 19.3 Å². The Balaban J connectivity index is 1.41. The fourth-order valence-corrected chi connectivity index (χ4v) is 5.24. The average molecular weight is 250 g/mol. The molecule has 0 aromatic carbocycles. The first-order valence-corrected chi connectivity index (χ1v) is 7.62. The molecule has 7 atom stereocenters. The van der Waals surface area contributed by atoms with Crippen LogP contribution in [-0.4, -0.2) is 50.6 Å². The first-order chi connectivity index (χ1) is 8.92. The van der Waals surface area contributed by atoms with Crippen LogP contribution >= 0.6 is 0 Å². The molecule has 3 aliphatic carbocycles. The molecule has 4 heteroatoms. The quantitative estimate of drug-likeness (QED) is 0.694. The monoisotopic (exact) mass is 250 g/mol. The largest absolute Gasteiger partial charge is 0.378 e. The van der Waals surface area contributed by atoms with Crippen LogP contribution in [0.25, 0.3) is 0 Å². The molecule has 18 heavy (non-hydrogen) atoms. The van der Waals surface area contributed by atoms with Crippen LogP contribution in [0.2, 0.25) is 0 Å². The molecule has 0 aromatic heterocycles.